The van der Waals surface area contributed by atoms with Gasteiger partial charge in [-0.15, -0.1) is 0 Å². The molecule has 0 bridgehead atoms. The first kappa shape index (κ1) is 42.4. The van der Waals surface area contributed by atoms with Crippen molar-refractivity contribution in [1.82, 2.24) is 0 Å². The van der Waals surface area contributed by atoms with Crippen molar-refractivity contribution in [3.05, 3.63) is 317 Å². The van der Waals surface area contributed by atoms with Crippen LogP contribution >= 0.6 is 11.8 Å². The Morgan fingerprint density at radius 1 is 0.307 bits per heavy atom. The number of para-hydroxylation sites is 2. The van der Waals surface area contributed by atoms with Gasteiger partial charge >= 0.3 is 0 Å². The van der Waals surface area contributed by atoms with E-state index in [1.165, 1.54) is 98.5 Å². The Balaban J connectivity index is 0.966. The van der Waals surface area contributed by atoms with Gasteiger partial charge in [-0.1, -0.05) is 230 Å². The molecule has 0 radical (unpaired) electrons. The van der Waals surface area contributed by atoms with Crippen LogP contribution in [0.5, 0.6) is 11.5 Å². The van der Waals surface area contributed by atoms with Crippen LogP contribution in [0.2, 0.25) is 0 Å². The molecule has 12 aromatic rings. The number of hydrogen-bond acceptors (Lipinski definition) is 3. The molecule has 12 aromatic carbocycles. The maximum absolute atomic E-state index is 6.78. The van der Waals surface area contributed by atoms with Crippen molar-refractivity contribution in [2.75, 3.05) is 4.90 Å². The summed E-state index contributed by atoms with van der Waals surface area (Å²) in [4.78, 5) is 5.12. The molecule has 2 aliphatic carbocycles. The summed E-state index contributed by atoms with van der Waals surface area (Å²) in [5.74, 6) is 1.77. The number of anilines is 3. The van der Waals surface area contributed by atoms with E-state index in [0.717, 1.165) is 39.7 Å². The van der Waals surface area contributed by atoms with E-state index in [1.807, 2.05) is 11.8 Å². The number of hydrogen-bond donors (Lipinski definition) is 0. The van der Waals surface area contributed by atoms with Crippen LogP contribution in [0.25, 0.3) is 55.3 Å². The molecule has 0 aromatic heterocycles. The van der Waals surface area contributed by atoms with Crippen LogP contribution < -0.4 is 9.64 Å². The molecule has 2 nitrogen and oxygen atoms in total. The van der Waals surface area contributed by atoms with Crippen LogP contribution in [0.4, 0.5) is 17.1 Å². The van der Waals surface area contributed by atoms with Gasteiger partial charge in [0.05, 0.1) is 16.5 Å². The van der Waals surface area contributed by atoms with Crippen molar-refractivity contribution < 1.29 is 4.74 Å². The molecule has 0 unspecified atom stereocenters. The van der Waals surface area contributed by atoms with Gasteiger partial charge in [-0.05, 0) is 138 Å². The molecular weight excluding hydrogens is 927 g/mol. The van der Waals surface area contributed by atoms with Crippen molar-refractivity contribution in [3.8, 4) is 56.0 Å². The quantitative estimate of drug-likeness (QED) is 0.171. The SMILES string of the molecule is c1ccc(-c2ccc(-c3ccc(N(c4ccc5c(c4)C4(c6ccccc6Sc6ccccc64)c4ccc6ccccc6c4-5)c4cccc5c4-c4ccccc4C54c5ccccc5Oc5ccccc54)cc3)cc2)cc1. The first-order valence-electron chi connectivity index (χ1n) is 25.9. The Morgan fingerprint density at radius 3 is 1.49 bits per heavy atom. The number of rotatable bonds is 5. The summed E-state index contributed by atoms with van der Waals surface area (Å²) in [5.41, 5.74) is 22.0. The second-order valence-electron chi connectivity index (χ2n) is 20.2. The number of fused-ring (bicyclic) bond motifs is 20. The van der Waals surface area contributed by atoms with Gasteiger partial charge in [-0.2, -0.15) is 0 Å². The van der Waals surface area contributed by atoms with Crippen LogP contribution in [-0.4, -0.2) is 0 Å². The minimum atomic E-state index is -0.618. The second kappa shape index (κ2) is 16.2. The van der Waals surface area contributed by atoms with Gasteiger partial charge in [0.25, 0.3) is 0 Å². The highest BCUT2D eigenvalue weighted by molar-refractivity contribution is 7.99. The molecule has 0 fully saturated rings. The summed E-state index contributed by atoms with van der Waals surface area (Å²) in [6.45, 7) is 0. The van der Waals surface area contributed by atoms with Crippen LogP contribution in [0.1, 0.15) is 44.5 Å². The van der Waals surface area contributed by atoms with Crippen molar-refractivity contribution in [1.29, 1.82) is 0 Å². The second-order valence-corrected chi connectivity index (χ2v) is 21.3. The molecule has 3 heteroatoms. The van der Waals surface area contributed by atoms with Crippen molar-refractivity contribution in [2.24, 2.45) is 0 Å². The predicted octanol–water partition coefficient (Wildman–Crippen LogP) is 18.9. The van der Waals surface area contributed by atoms with E-state index in [4.69, 9.17) is 4.74 Å². The lowest BCUT2D eigenvalue weighted by atomic mass is 9.66. The lowest BCUT2D eigenvalue weighted by Crippen LogP contribution is -2.32. The minimum Gasteiger partial charge on any atom is -0.457 e. The minimum absolute atomic E-state index is 0.574. The zero-order valence-electron chi connectivity index (χ0n) is 40.7. The standard InChI is InChI=1S/C72H45NOS/c1-2-17-46(18-3-1)47-33-35-48(36-34-47)49-37-40-51(41-38-49)73(64-28-16-27-61-70(64)54-21-6-7-22-56(54)71(61)57-23-8-12-29-65(57)74-66-30-13-9-24-58(66)71)52-42-43-55-63(45-52)72(62-44-39-50-19-4-5-20-53(50)69(55)62)59-25-10-14-31-67(59)75-68-32-15-11-26-60(68)72/h1-45H. The first-order chi connectivity index (χ1) is 37.2. The average Bonchev–Trinajstić information content (AvgIpc) is 3.98. The molecule has 2 aliphatic heterocycles. The van der Waals surface area contributed by atoms with E-state index in [9.17, 15) is 0 Å². The largest absolute Gasteiger partial charge is 0.457 e. The molecule has 0 amide bonds. The Bertz CT molecular complexity index is 4220. The lowest BCUT2D eigenvalue weighted by Gasteiger charge is -2.40. The summed E-state index contributed by atoms with van der Waals surface area (Å²) >= 11 is 1.89. The van der Waals surface area contributed by atoms with Crippen LogP contribution in [0.15, 0.2) is 283 Å². The third kappa shape index (κ3) is 5.87. The summed E-state index contributed by atoms with van der Waals surface area (Å²) in [6.07, 6.45) is 0. The zero-order chi connectivity index (χ0) is 49.2. The van der Waals surface area contributed by atoms with Gasteiger partial charge < -0.3 is 9.64 Å². The highest BCUT2D eigenvalue weighted by Gasteiger charge is 2.53. The molecule has 0 N–H and O–H groups in total. The lowest BCUT2D eigenvalue weighted by molar-refractivity contribution is 0.436. The Labute approximate surface area is 440 Å². The molecule has 75 heavy (non-hydrogen) atoms. The highest BCUT2D eigenvalue weighted by Crippen LogP contribution is 2.66. The number of ether oxygens (including phenoxy) is 1. The van der Waals surface area contributed by atoms with Gasteiger partial charge in [-0.25, -0.2) is 0 Å². The molecule has 0 saturated carbocycles. The van der Waals surface area contributed by atoms with Crippen molar-refractivity contribution in [2.45, 2.75) is 20.6 Å². The summed E-state index contributed by atoms with van der Waals surface area (Å²) in [5, 5.41) is 2.52. The Kier molecular flexibility index (Phi) is 9.14. The van der Waals surface area contributed by atoms with Gasteiger partial charge in [-0.3, -0.25) is 0 Å². The van der Waals surface area contributed by atoms with E-state index in [1.54, 1.807) is 0 Å². The molecule has 2 spiro atoms. The third-order valence-electron chi connectivity index (χ3n) is 16.6. The summed E-state index contributed by atoms with van der Waals surface area (Å²) in [6, 6.07) is 101. The van der Waals surface area contributed by atoms with E-state index in [-0.39, 0.29) is 0 Å². The molecule has 4 aliphatic rings. The van der Waals surface area contributed by atoms with Gasteiger partial charge in [0.2, 0.25) is 0 Å². The van der Waals surface area contributed by atoms with E-state index >= 15 is 0 Å². The molecule has 0 atom stereocenters. The molecule has 350 valence electrons. The first-order valence-corrected chi connectivity index (χ1v) is 26.7. The fraction of sp³-hybridized carbons (Fsp3) is 0.0278. The van der Waals surface area contributed by atoms with Crippen molar-refractivity contribution in [3.63, 3.8) is 0 Å². The fourth-order valence-corrected chi connectivity index (χ4v) is 14.8. The fourth-order valence-electron chi connectivity index (χ4n) is 13.6. The zero-order valence-corrected chi connectivity index (χ0v) is 41.6. The van der Waals surface area contributed by atoms with Crippen molar-refractivity contribution >= 4 is 39.6 Å². The molecular formula is C72H45NOS. The number of nitrogens with zero attached hydrogens (tertiary/aromatic N) is 1. The van der Waals surface area contributed by atoms with E-state index in [0.29, 0.717) is 0 Å². The van der Waals surface area contributed by atoms with Crippen LogP contribution in [-0.2, 0) is 10.8 Å². The topological polar surface area (TPSA) is 12.5 Å². The van der Waals surface area contributed by atoms with Crippen LogP contribution in [0.3, 0.4) is 0 Å². The predicted molar refractivity (Wildman–Crippen MR) is 308 cm³/mol. The highest BCUT2D eigenvalue weighted by atomic mass is 32.2. The Morgan fingerprint density at radius 2 is 0.800 bits per heavy atom. The Hall–Kier alpha value is -9.15. The van der Waals surface area contributed by atoms with Gasteiger partial charge in [0.1, 0.15) is 11.5 Å². The summed E-state index contributed by atoms with van der Waals surface area (Å²) in [7, 11) is 0. The maximum Gasteiger partial charge on any atom is 0.132 e. The maximum atomic E-state index is 6.78. The van der Waals surface area contributed by atoms with Crippen LogP contribution in [0, 0.1) is 0 Å². The summed E-state index contributed by atoms with van der Waals surface area (Å²) < 4.78 is 6.78. The van der Waals surface area contributed by atoms with E-state index < -0.39 is 10.8 Å². The van der Waals surface area contributed by atoms with E-state index in [2.05, 4.69) is 278 Å². The molecule has 0 saturated heterocycles. The van der Waals surface area contributed by atoms with Gasteiger partial charge in [0, 0.05) is 37.9 Å². The monoisotopic (exact) mass is 971 g/mol. The molecule has 16 rings (SSSR count). The smallest absolute Gasteiger partial charge is 0.132 e. The molecule has 2 heterocycles. The third-order valence-corrected chi connectivity index (χ3v) is 17.8. The number of benzene rings is 12. The normalized spacial score (nSPS) is 14.1. The average molecular weight is 972 g/mol. The van der Waals surface area contributed by atoms with Gasteiger partial charge in [0.15, 0.2) is 0 Å².